The first kappa shape index (κ1) is 24.7. The molecule has 2 rings (SSSR count). The van der Waals surface area contributed by atoms with Crippen molar-refractivity contribution in [1.82, 2.24) is 14.9 Å². The van der Waals surface area contributed by atoms with Gasteiger partial charge in [0.25, 0.3) is 5.56 Å². The zero-order valence-electron chi connectivity index (χ0n) is 18.4. The number of methoxy groups -OCH3 is 1. The largest absolute Gasteiger partial charge is 0.465 e. The van der Waals surface area contributed by atoms with E-state index in [0.29, 0.717) is 5.76 Å². The van der Waals surface area contributed by atoms with Gasteiger partial charge in [-0.2, -0.15) is 0 Å². The van der Waals surface area contributed by atoms with Gasteiger partial charge in [-0.25, -0.2) is 4.79 Å². The number of H-pyrrole nitrogens is 1. The lowest BCUT2D eigenvalue weighted by Crippen LogP contribution is -2.43. The third kappa shape index (κ3) is 6.71. The number of hydrogen-bond acceptors (Lipinski definition) is 7. The first-order chi connectivity index (χ1) is 15.2. The molecule has 2 aromatic rings. The molecule has 2 amide bonds. The molecule has 0 spiro atoms. The Hall–Kier alpha value is -3.60. The zero-order valence-corrected chi connectivity index (χ0v) is 18.4. The van der Waals surface area contributed by atoms with Crippen LogP contribution in [0.3, 0.4) is 0 Å². The molecule has 0 bridgehead atoms. The highest BCUT2D eigenvalue weighted by atomic mass is 16.5. The number of hydrogen-bond donors (Lipinski definition) is 3. The zero-order chi connectivity index (χ0) is 23.7. The Kier molecular flexibility index (Phi) is 9.02. The van der Waals surface area contributed by atoms with Crippen molar-refractivity contribution in [3.63, 3.8) is 0 Å². The van der Waals surface area contributed by atoms with E-state index in [2.05, 4.69) is 10.3 Å². The van der Waals surface area contributed by atoms with E-state index in [9.17, 15) is 19.2 Å². The molecule has 0 aliphatic rings. The van der Waals surface area contributed by atoms with Crippen molar-refractivity contribution in [3.8, 4) is 0 Å². The number of furan rings is 1. The SMILES string of the molecule is COCCN(C(=O)CCNC(=O)/C=C/c1ccco1)c1c(N)n(CC(C)C)c(=O)[nH]c1=O. The minimum absolute atomic E-state index is 0.0348. The van der Waals surface area contributed by atoms with Crippen molar-refractivity contribution >= 4 is 29.4 Å². The maximum Gasteiger partial charge on any atom is 0.330 e. The van der Waals surface area contributed by atoms with Gasteiger partial charge in [0, 0.05) is 39.2 Å². The topological polar surface area (TPSA) is 153 Å². The number of nitrogens with zero attached hydrogens (tertiary/aromatic N) is 2. The summed E-state index contributed by atoms with van der Waals surface area (Å²) in [7, 11) is 1.46. The van der Waals surface area contributed by atoms with Gasteiger partial charge in [0.1, 0.15) is 11.6 Å². The van der Waals surface area contributed by atoms with E-state index in [1.54, 1.807) is 12.1 Å². The first-order valence-electron chi connectivity index (χ1n) is 10.2. The molecule has 174 valence electrons. The second-order valence-electron chi connectivity index (χ2n) is 7.43. The second-order valence-corrected chi connectivity index (χ2v) is 7.43. The van der Waals surface area contributed by atoms with E-state index in [1.165, 1.54) is 35.0 Å². The molecular weight excluding hydrogens is 418 g/mol. The fourth-order valence-electron chi connectivity index (χ4n) is 2.96. The molecule has 4 N–H and O–H groups in total. The molecular formula is C21H29N5O6. The summed E-state index contributed by atoms with van der Waals surface area (Å²) >= 11 is 0. The lowest BCUT2D eigenvalue weighted by molar-refractivity contribution is -0.119. The predicted octanol–water partition coefficient (Wildman–Crippen LogP) is 0.567. The molecule has 0 radical (unpaired) electrons. The van der Waals surface area contributed by atoms with Gasteiger partial charge in [-0.15, -0.1) is 0 Å². The van der Waals surface area contributed by atoms with Gasteiger partial charge >= 0.3 is 5.69 Å². The molecule has 0 saturated heterocycles. The molecule has 11 heteroatoms. The number of aromatic nitrogens is 2. The van der Waals surface area contributed by atoms with E-state index < -0.39 is 23.1 Å². The fraction of sp³-hybridized carbons (Fsp3) is 0.429. The number of carbonyl (C=O) groups is 2. The standard InChI is InChI=1S/C21H29N5O6/c1-14(2)13-26-19(22)18(20(29)24-21(26)30)25(10-12-31-3)17(28)8-9-23-16(27)7-6-15-5-4-11-32-15/h4-7,11,14H,8-10,12-13,22H2,1-3H3,(H,23,27)(H,24,29,30)/b7-6+. The molecule has 0 fully saturated rings. The number of anilines is 2. The number of ether oxygens (including phenoxy) is 1. The van der Waals surface area contributed by atoms with Crippen LogP contribution < -0.4 is 27.2 Å². The van der Waals surface area contributed by atoms with E-state index in [-0.39, 0.29) is 50.1 Å². The Labute approximate surface area is 184 Å². The molecule has 0 aromatic carbocycles. The van der Waals surface area contributed by atoms with Crippen LogP contribution in [0.4, 0.5) is 11.5 Å². The number of amides is 2. The summed E-state index contributed by atoms with van der Waals surface area (Å²) in [6.45, 7) is 4.30. The minimum atomic E-state index is -0.762. The molecule has 0 aliphatic carbocycles. The van der Waals surface area contributed by atoms with Gasteiger partial charge in [0.05, 0.1) is 12.9 Å². The van der Waals surface area contributed by atoms with Crippen molar-refractivity contribution in [2.45, 2.75) is 26.8 Å². The Morgan fingerprint density at radius 2 is 2.12 bits per heavy atom. The Balaban J connectivity index is 2.15. The number of nitrogens with two attached hydrogens (primary N) is 1. The molecule has 0 unspecified atom stereocenters. The molecule has 0 aliphatic heterocycles. The van der Waals surface area contributed by atoms with Crippen molar-refractivity contribution in [2.24, 2.45) is 5.92 Å². The summed E-state index contributed by atoms with van der Waals surface area (Å²) < 4.78 is 11.4. The summed E-state index contributed by atoms with van der Waals surface area (Å²) in [6.07, 6.45) is 4.19. The first-order valence-corrected chi connectivity index (χ1v) is 10.2. The highest BCUT2D eigenvalue weighted by Crippen LogP contribution is 2.18. The van der Waals surface area contributed by atoms with Crippen molar-refractivity contribution in [2.75, 3.05) is 37.4 Å². The second kappa shape index (κ2) is 11.7. The third-order valence-electron chi connectivity index (χ3n) is 4.43. The van der Waals surface area contributed by atoms with Crippen LogP contribution in [-0.2, 0) is 20.9 Å². The monoisotopic (exact) mass is 447 g/mol. The normalized spacial score (nSPS) is 11.2. The highest BCUT2D eigenvalue weighted by Gasteiger charge is 2.24. The lowest BCUT2D eigenvalue weighted by atomic mass is 10.2. The van der Waals surface area contributed by atoms with Gasteiger partial charge in [0.2, 0.25) is 11.8 Å². The predicted molar refractivity (Wildman–Crippen MR) is 120 cm³/mol. The molecule has 32 heavy (non-hydrogen) atoms. The fourth-order valence-corrected chi connectivity index (χ4v) is 2.96. The number of rotatable bonds is 11. The van der Waals surface area contributed by atoms with Crippen molar-refractivity contribution in [1.29, 1.82) is 0 Å². The van der Waals surface area contributed by atoms with Gasteiger partial charge in [0.15, 0.2) is 5.69 Å². The Morgan fingerprint density at radius 1 is 1.38 bits per heavy atom. The third-order valence-corrected chi connectivity index (χ3v) is 4.43. The van der Waals surface area contributed by atoms with Gasteiger partial charge in [-0.3, -0.25) is 23.9 Å². The quantitative estimate of drug-likeness (QED) is 0.426. The maximum atomic E-state index is 12.9. The van der Waals surface area contributed by atoms with Crippen LogP contribution in [0, 0.1) is 5.92 Å². The van der Waals surface area contributed by atoms with E-state index >= 15 is 0 Å². The molecule has 0 saturated carbocycles. The average Bonchev–Trinajstić information content (AvgIpc) is 3.25. The molecule has 2 heterocycles. The van der Waals surface area contributed by atoms with E-state index in [0.717, 1.165) is 0 Å². The Morgan fingerprint density at radius 3 is 2.75 bits per heavy atom. The molecule has 0 atom stereocenters. The van der Waals surface area contributed by atoms with E-state index in [1.807, 2.05) is 13.8 Å². The van der Waals surface area contributed by atoms with E-state index in [4.69, 9.17) is 14.9 Å². The summed E-state index contributed by atoms with van der Waals surface area (Å²) in [6, 6.07) is 3.39. The number of aromatic amines is 1. The maximum absolute atomic E-state index is 12.9. The van der Waals surface area contributed by atoms with Crippen LogP contribution in [0.25, 0.3) is 6.08 Å². The van der Waals surface area contributed by atoms with Crippen LogP contribution >= 0.6 is 0 Å². The average molecular weight is 447 g/mol. The van der Waals surface area contributed by atoms with Gasteiger partial charge < -0.3 is 25.1 Å². The van der Waals surface area contributed by atoms with Crippen LogP contribution in [0.2, 0.25) is 0 Å². The molecule has 2 aromatic heterocycles. The summed E-state index contributed by atoms with van der Waals surface area (Å²) in [5.74, 6) is -0.346. The minimum Gasteiger partial charge on any atom is -0.465 e. The van der Waals surface area contributed by atoms with Crippen LogP contribution in [0.15, 0.2) is 38.5 Å². The van der Waals surface area contributed by atoms with Crippen LogP contribution in [-0.4, -0.2) is 48.2 Å². The van der Waals surface area contributed by atoms with Crippen molar-refractivity contribution < 1.29 is 18.7 Å². The number of nitrogens with one attached hydrogen (secondary N) is 2. The lowest BCUT2D eigenvalue weighted by Gasteiger charge is -2.24. The summed E-state index contributed by atoms with van der Waals surface area (Å²) in [5.41, 5.74) is 4.61. The smallest absolute Gasteiger partial charge is 0.330 e. The molecule has 11 nitrogen and oxygen atoms in total. The summed E-state index contributed by atoms with van der Waals surface area (Å²) in [5, 5.41) is 2.60. The number of nitrogen functional groups attached to an aromatic ring is 1. The van der Waals surface area contributed by atoms with Crippen LogP contribution in [0.5, 0.6) is 0 Å². The Bertz CT molecular complexity index is 1050. The highest BCUT2D eigenvalue weighted by molar-refractivity contribution is 5.96. The van der Waals surface area contributed by atoms with Crippen LogP contribution in [0.1, 0.15) is 26.0 Å². The summed E-state index contributed by atoms with van der Waals surface area (Å²) in [4.78, 5) is 52.9. The number of carbonyl (C=O) groups excluding carboxylic acids is 2. The van der Waals surface area contributed by atoms with Gasteiger partial charge in [-0.05, 0) is 24.1 Å². The van der Waals surface area contributed by atoms with Crippen molar-refractivity contribution in [3.05, 3.63) is 51.1 Å². The van der Waals surface area contributed by atoms with Gasteiger partial charge in [-0.1, -0.05) is 13.8 Å².